The van der Waals surface area contributed by atoms with Gasteiger partial charge in [0.05, 0.1) is 12.6 Å². The molecule has 1 aromatic rings. The molecule has 1 unspecified atom stereocenters. The zero-order chi connectivity index (χ0) is 17.9. The van der Waals surface area contributed by atoms with E-state index in [1.54, 1.807) is 0 Å². The van der Waals surface area contributed by atoms with Crippen molar-refractivity contribution in [2.24, 2.45) is 11.3 Å². The van der Waals surface area contributed by atoms with Crippen molar-refractivity contribution in [2.45, 2.75) is 59.0 Å². The minimum atomic E-state index is -0.0833. The monoisotopic (exact) mass is 349 g/mol. The predicted molar refractivity (Wildman–Crippen MR) is 94.9 cm³/mol. The highest BCUT2D eigenvalue weighted by Gasteiger charge is 2.43. The lowest BCUT2D eigenvalue weighted by molar-refractivity contribution is -0.133. The van der Waals surface area contributed by atoms with Gasteiger partial charge >= 0.3 is 0 Å². The Hall–Kier alpha value is -1.47. The number of aromatic nitrogens is 2. The van der Waals surface area contributed by atoms with E-state index in [0.717, 1.165) is 45.3 Å². The molecule has 1 aromatic heterocycles. The molecule has 2 saturated heterocycles. The Balaban J connectivity index is 1.59. The van der Waals surface area contributed by atoms with Crippen LogP contribution in [0.25, 0.3) is 0 Å². The van der Waals surface area contributed by atoms with Gasteiger partial charge in [0, 0.05) is 19.5 Å². The van der Waals surface area contributed by atoms with Crippen LogP contribution in [0.4, 0.5) is 0 Å². The van der Waals surface area contributed by atoms with Crippen molar-refractivity contribution in [1.29, 1.82) is 0 Å². The maximum Gasteiger partial charge on any atom is 0.240 e. The summed E-state index contributed by atoms with van der Waals surface area (Å²) in [5.74, 6) is 1.88. The number of amides is 1. The Labute approximate surface area is 149 Å². The van der Waals surface area contributed by atoms with E-state index in [4.69, 9.17) is 4.52 Å². The normalized spacial score (nSPS) is 22.6. The second kappa shape index (κ2) is 7.83. The van der Waals surface area contributed by atoms with Crippen molar-refractivity contribution in [3.05, 3.63) is 11.7 Å². The van der Waals surface area contributed by atoms with E-state index < -0.39 is 0 Å². The third-order valence-corrected chi connectivity index (χ3v) is 5.44. The van der Waals surface area contributed by atoms with Crippen LogP contribution in [-0.2, 0) is 17.8 Å². The summed E-state index contributed by atoms with van der Waals surface area (Å²) >= 11 is 0. The van der Waals surface area contributed by atoms with Crippen molar-refractivity contribution >= 4 is 5.91 Å². The van der Waals surface area contributed by atoms with Crippen molar-refractivity contribution in [3.8, 4) is 0 Å². The average molecular weight is 349 g/mol. The zero-order valence-electron chi connectivity index (χ0n) is 15.7. The molecule has 1 atom stereocenters. The van der Waals surface area contributed by atoms with Gasteiger partial charge in [-0.05, 0) is 50.6 Å². The molecule has 1 amide bonds. The molecule has 140 valence electrons. The maximum atomic E-state index is 13.0. The molecule has 7 nitrogen and oxygen atoms in total. The van der Waals surface area contributed by atoms with Crippen LogP contribution in [-0.4, -0.2) is 53.2 Å². The predicted octanol–water partition coefficient (Wildman–Crippen LogP) is 1.35. The largest absolute Gasteiger partial charge is 0.339 e. The first-order valence-electron chi connectivity index (χ1n) is 9.56. The summed E-state index contributed by atoms with van der Waals surface area (Å²) in [5, 5.41) is 10.9. The van der Waals surface area contributed by atoms with E-state index in [2.05, 4.69) is 34.6 Å². The van der Waals surface area contributed by atoms with Gasteiger partial charge < -0.3 is 20.1 Å². The van der Waals surface area contributed by atoms with Crippen LogP contribution in [0.15, 0.2) is 4.52 Å². The lowest BCUT2D eigenvalue weighted by Gasteiger charge is -2.33. The molecule has 25 heavy (non-hydrogen) atoms. The Bertz CT molecular complexity index is 580. The molecule has 3 rings (SSSR count). The first kappa shape index (κ1) is 18.3. The van der Waals surface area contributed by atoms with Crippen LogP contribution in [0.3, 0.4) is 0 Å². The molecular formula is C18H31N5O2. The van der Waals surface area contributed by atoms with Gasteiger partial charge in [0.15, 0.2) is 5.82 Å². The number of carbonyl (C=O) groups excluding carboxylic acids is 1. The summed E-state index contributed by atoms with van der Waals surface area (Å²) in [4.78, 5) is 19.2. The molecule has 0 aromatic carbocycles. The second-order valence-electron chi connectivity index (χ2n) is 7.94. The van der Waals surface area contributed by atoms with Crippen LogP contribution < -0.4 is 10.6 Å². The number of hydrogen-bond acceptors (Lipinski definition) is 6. The zero-order valence-corrected chi connectivity index (χ0v) is 15.7. The van der Waals surface area contributed by atoms with E-state index in [-0.39, 0.29) is 11.9 Å². The van der Waals surface area contributed by atoms with Gasteiger partial charge in [0.25, 0.3) is 0 Å². The minimum absolute atomic E-state index is 0.0833. The molecule has 3 heterocycles. The average Bonchev–Trinajstić information content (AvgIpc) is 3.20. The van der Waals surface area contributed by atoms with Crippen LogP contribution in [0.5, 0.6) is 0 Å². The van der Waals surface area contributed by atoms with Crippen LogP contribution in [0, 0.1) is 11.3 Å². The first-order valence-corrected chi connectivity index (χ1v) is 9.56. The molecule has 0 bridgehead atoms. The fourth-order valence-corrected chi connectivity index (χ4v) is 3.95. The summed E-state index contributed by atoms with van der Waals surface area (Å²) in [6.07, 6.45) is 4.02. The number of hydrogen-bond donors (Lipinski definition) is 2. The minimum Gasteiger partial charge on any atom is -0.339 e. The topological polar surface area (TPSA) is 83.3 Å². The van der Waals surface area contributed by atoms with Crippen LogP contribution in [0.1, 0.15) is 51.7 Å². The quantitative estimate of drug-likeness (QED) is 0.807. The highest BCUT2D eigenvalue weighted by atomic mass is 16.5. The number of likely N-dealkylation sites (N-methyl/N-ethyl adjacent to an activating group) is 1. The van der Waals surface area contributed by atoms with Gasteiger partial charge in [-0.3, -0.25) is 4.79 Å². The smallest absolute Gasteiger partial charge is 0.240 e. The number of nitrogens with zero attached hydrogens (tertiary/aromatic N) is 3. The van der Waals surface area contributed by atoms with E-state index in [1.807, 2.05) is 11.8 Å². The summed E-state index contributed by atoms with van der Waals surface area (Å²) in [5.41, 5.74) is 0.293. The van der Waals surface area contributed by atoms with Gasteiger partial charge in [0.1, 0.15) is 0 Å². The molecule has 2 N–H and O–H groups in total. The third-order valence-electron chi connectivity index (χ3n) is 5.44. The van der Waals surface area contributed by atoms with Gasteiger partial charge in [-0.1, -0.05) is 19.0 Å². The Kier molecular flexibility index (Phi) is 5.74. The second-order valence-corrected chi connectivity index (χ2v) is 7.94. The highest BCUT2D eigenvalue weighted by Crippen LogP contribution is 2.37. The standard InChI is InChI=1S/C18H31N5O2/c1-4-23(11-15-21-16(25-22-15)9-13(2)3)17(24)14-10-18(12-20-14)5-7-19-8-6-18/h13-14,19-20H,4-12H2,1-3H3. The lowest BCUT2D eigenvalue weighted by atomic mass is 9.77. The third kappa shape index (κ3) is 4.39. The fraction of sp³-hybridized carbons (Fsp3) is 0.833. The number of rotatable bonds is 6. The van der Waals surface area contributed by atoms with E-state index >= 15 is 0 Å². The summed E-state index contributed by atoms with van der Waals surface area (Å²) in [7, 11) is 0. The molecule has 2 aliphatic heterocycles. The van der Waals surface area contributed by atoms with Crippen LogP contribution >= 0.6 is 0 Å². The van der Waals surface area contributed by atoms with Gasteiger partial charge in [-0.2, -0.15) is 4.98 Å². The number of piperidine rings is 1. The molecule has 0 radical (unpaired) electrons. The van der Waals surface area contributed by atoms with Gasteiger partial charge in [-0.25, -0.2) is 0 Å². The number of carbonyl (C=O) groups is 1. The van der Waals surface area contributed by atoms with Crippen molar-refractivity contribution in [2.75, 3.05) is 26.2 Å². The van der Waals surface area contributed by atoms with E-state index in [0.29, 0.717) is 36.1 Å². The Morgan fingerprint density at radius 1 is 1.40 bits per heavy atom. The Morgan fingerprint density at radius 2 is 2.16 bits per heavy atom. The molecule has 7 heteroatoms. The van der Waals surface area contributed by atoms with Crippen molar-refractivity contribution < 1.29 is 9.32 Å². The fourth-order valence-electron chi connectivity index (χ4n) is 3.95. The van der Waals surface area contributed by atoms with Crippen molar-refractivity contribution in [1.82, 2.24) is 25.7 Å². The van der Waals surface area contributed by atoms with Crippen molar-refractivity contribution in [3.63, 3.8) is 0 Å². The lowest BCUT2D eigenvalue weighted by Crippen LogP contribution is -2.43. The molecule has 1 spiro atoms. The summed E-state index contributed by atoms with van der Waals surface area (Å²) in [6.45, 7) is 10.4. The Morgan fingerprint density at radius 3 is 2.84 bits per heavy atom. The van der Waals surface area contributed by atoms with Gasteiger partial charge in [0.2, 0.25) is 11.8 Å². The van der Waals surface area contributed by atoms with E-state index in [1.165, 1.54) is 0 Å². The summed E-state index contributed by atoms with van der Waals surface area (Å²) < 4.78 is 5.29. The molecule has 0 aliphatic carbocycles. The van der Waals surface area contributed by atoms with Crippen LogP contribution in [0.2, 0.25) is 0 Å². The molecule has 2 aliphatic rings. The first-order chi connectivity index (χ1) is 12.0. The SMILES string of the molecule is CCN(Cc1noc(CC(C)C)n1)C(=O)C1CC2(CCNCC2)CN1. The molecular weight excluding hydrogens is 318 g/mol. The highest BCUT2D eigenvalue weighted by molar-refractivity contribution is 5.82. The molecule has 2 fully saturated rings. The maximum absolute atomic E-state index is 13.0. The van der Waals surface area contributed by atoms with E-state index in [9.17, 15) is 4.79 Å². The van der Waals surface area contributed by atoms with Gasteiger partial charge in [-0.15, -0.1) is 0 Å². The number of nitrogens with one attached hydrogen (secondary N) is 2. The summed E-state index contributed by atoms with van der Waals surface area (Å²) in [6, 6.07) is -0.0833. The molecule has 0 saturated carbocycles.